The summed E-state index contributed by atoms with van der Waals surface area (Å²) in [5, 5.41) is 0. The zero-order chi connectivity index (χ0) is 15.2. The number of carbonyl (C=O) groups is 1. The lowest BCUT2D eigenvalue weighted by molar-refractivity contribution is -0.119. The van der Waals surface area contributed by atoms with E-state index in [1.807, 2.05) is 44.4 Å². The molecule has 0 fully saturated rings. The second-order valence-corrected chi connectivity index (χ2v) is 4.69. The van der Waals surface area contributed by atoms with E-state index in [4.69, 9.17) is 5.73 Å². The third-order valence-electron chi connectivity index (χ3n) is 2.81. The van der Waals surface area contributed by atoms with Gasteiger partial charge in [0.05, 0.1) is 6.42 Å². The van der Waals surface area contributed by atoms with Crippen molar-refractivity contribution in [3.63, 3.8) is 0 Å². The van der Waals surface area contributed by atoms with Crippen LogP contribution in [0.3, 0.4) is 0 Å². The van der Waals surface area contributed by atoms with Crippen LogP contribution in [0.15, 0.2) is 36.7 Å². The minimum atomic E-state index is -0.175. The number of hydrazine groups is 1. The zero-order valence-corrected chi connectivity index (χ0v) is 12.0. The standard InChI is InChI=1S/C14H18N6O/c1-20(2)14-12(15)13(16-9-17-14)19-18-11(21)8-10-6-4-3-5-7-10/h3-7,9H,8,15H2,1-2H3,(H,18,21)(H,16,17,19). The van der Waals surface area contributed by atoms with Gasteiger partial charge in [0.15, 0.2) is 11.6 Å². The first-order chi connectivity index (χ1) is 10.1. The molecule has 0 saturated carbocycles. The summed E-state index contributed by atoms with van der Waals surface area (Å²) in [5.41, 5.74) is 12.6. The van der Waals surface area contributed by atoms with E-state index in [9.17, 15) is 4.79 Å². The Kier molecular flexibility index (Phi) is 4.55. The highest BCUT2D eigenvalue weighted by molar-refractivity contribution is 5.81. The summed E-state index contributed by atoms with van der Waals surface area (Å²) in [4.78, 5) is 21.7. The van der Waals surface area contributed by atoms with E-state index in [2.05, 4.69) is 20.8 Å². The summed E-state index contributed by atoms with van der Waals surface area (Å²) in [7, 11) is 3.66. The van der Waals surface area contributed by atoms with E-state index >= 15 is 0 Å². The lowest BCUT2D eigenvalue weighted by Crippen LogP contribution is -2.31. The summed E-state index contributed by atoms with van der Waals surface area (Å²) in [6.45, 7) is 0. The summed E-state index contributed by atoms with van der Waals surface area (Å²) in [6, 6.07) is 9.47. The highest BCUT2D eigenvalue weighted by Gasteiger charge is 2.10. The average Bonchev–Trinajstić information content (AvgIpc) is 2.47. The SMILES string of the molecule is CN(C)c1ncnc(NNC(=O)Cc2ccccc2)c1N. The van der Waals surface area contributed by atoms with E-state index in [0.717, 1.165) is 5.56 Å². The fraction of sp³-hybridized carbons (Fsp3) is 0.214. The van der Waals surface area contributed by atoms with E-state index in [1.54, 1.807) is 4.90 Å². The van der Waals surface area contributed by atoms with Gasteiger partial charge in [-0.2, -0.15) is 0 Å². The number of nitrogens with zero attached hydrogens (tertiary/aromatic N) is 3. The molecule has 2 aromatic rings. The molecule has 0 bridgehead atoms. The molecule has 1 amide bonds. The molecule has 4 N–H and O–H groups in total. The Labute approximate surface area is 123 Å². The first kappa shape index (κ1) is 14.6. The highest BCUT2D eigenvalue weighted by atomic mass is 16.2. The van der Waals surface area contributed by atoms with Crippen molar-refractivity contribution in [3.8, 4) is 0 Å². The number of rotatable bonds is 5. The fourth-order valence-electron chi connectivity index (χ4n) is 1.80. The number of hydrogen-bond donors (Lipinski definition) is 3. The molecule has 0 atom stereocenters. The second kappa shape index (κ2) is 6.56. The summed E-state index contributed by atoms with van der Waals surface area (Å²) >= 11 is 0. The molecular weight excluding hydrogens is 268 g/mol. The lowest BCUT2D eigenvalue weighted by atomic mass is 10.1. The number of amides is 1. The van der Waals surface area contributed by atoms with Gasteiger partial charge in [0.25, 0.3) is 0 Å². The van der Waals surface area contributed by atoms with Gasteiger partial charge in [-0.15, -0.1) is 0 Å². The van der Waals surface area contributed by atoms with Crippen LogP contribution < -0.4 is 21.5 Å². The summed E-state index contributed by atoms with van der Waals surface area (Å²) < 4.78 is 0. The number of nitrogens with two attached hydrogens (primary N) is 1. The van der Waals surface area contributed by atoms with Crippen molar-refractivity contribution in [1.29, 1.82) is 0 Å². The predicted octanol–water partition coefficient (Wildman–Crippen LogP) is 0.811. The maximum Gasteiger partial charge on any atom is 0.242 e. The van der Waals surface area contributed by atoms with Crippen molar-refractivity contribution < 1.29 is 4.79 Å². The predicted molar refractivity (Wildman–Crippen MR) is 82.7 cm³/mol. The Morgan fingerprint density at radius 3 is 2.62 bits per heavy atom. The number of nitrogens with one attached hydrogen (secondary N) is 2. The van der Waals surface area contributed by atoms with Crippen LogP contribution in [0.25, 0.3) is 0 Å². The van der Waals surface area contributed by atoms with E-state index in [0.29, 0.717) is 17.3 Å². The molecule has 0 aliphatic heterocycles. The van der Waals surface area contributed by atoms with Gasteiger partial charge in [0.2, 0.25) is 5.91 Å². The molecule has 0 radical (unpaired) electrons. The van der Waals surface area contributed by atoms with Crippen molar-refractivity contribution in [1.82, 2.24) is 15.4 Å². The highest BCUT2D eigenvalue weighted by Crippen LogP contribution is 2.23. The molecule has 0 unspecified atom stereocenters. The molecular formula is C14H18N6O. The van der Waals surface area contributed by atoms with Crippen molar-refractivity contribution in [2.45, 2.75) is 6.42 Å². The smallest absolute Gasteiger partial charge is 0.242 e. The van der Waals surface area contributed by atoms with Gasteiger partial charge in [-0.1, -0.05) is 30.3 Å². The van der Waals surface area contributed by atoms with Gasteiger partial charge in [0.1, 0.15) is 12.0 Å². The van der Waals surface area contributed by atoms with Crippen molar-refractivity contribution in [2.24, 2.45) is 0 Å². The Bertz CT molecular complexity index is 614. The van der Waals surface area contributed by atoms with Gasteiger partial charge >= 0.3 is 0 Å². The molecule has 2 rings (SSSR count). The molecule has 7 nitrogen and oxygen atoms in total. The van der Waals surface area contributed by atoms with Crippen molar-refractivity contribution >= 4 is 23.2 Å². The number of anilines is 3. The molecule has 0 spiro atoms. The van der Waals surface area contributed by atoms with E-state index in [-0.39, 0.29) is 12.3 Å². The maximum atomic E-state index is 11.8. The number of nitrogen functional groups attached to an aromatic ring is 1. The van der Waals surface area contributed by atoms with E-state index in [1.165, 1.54) is 6.33 Å². The summed E-state index contributed by atoms with van der Waals surface area (Å²) in [5.74, 6) is 0.783. The first-order valence-electron chi connectivity index (χ1n) is 6.44. The Morgan fingerprint density at radius 2 is 1.95 bits per heavy atom. The minimum Gasteiger partial charge on any atom is -0.393 e. The van der Waals surface area contributed by atoms with Crippen LogP contribution in [-0.2, 0) is 11.2 Å². The van der Waals surface area contributed by atoms with Crippen LogP contribution >= 0.6 is 0 Å². The molecule has 1 aromatic carbocycles. The van der Waals surface area contributed by atoms with Crippen LogP contribution in [0.1, 0.15) is 5.56 Å². The van der Waals surface area contributed by atoms with Gasteiger partial charge in [0, 0.05) is 14.1 Å². The van der Waals surface area contributed by atoms with Gasteiger partial charge in [-0.3, -0.25) is 15.6 Å². The van der Waals surface area contributed by atoms with Crippen molar-refractivity contribution in [2.75, 3.05) is 30.2 Å². The molecule has 1 aromatic heterocycles. The van der Waals surface area contributed by atoms with Crippen LogP contribution in [0.2, 0.25) is 0 Å². The number of aromatic nitrogens is 2. The summed E-state index contributed by atoms with van der Waals surface area (Å²) in [6.07, 6.45) is 1.66. The van der Waals surface area contributed by atoms with Crippen molar-refractivity contribution in [3.05, 3.63) is 42.2 Å². The van der Waals surface area contributed by atoms with Crippen LogP contribution in [-0.4, -0.2) is 30.0 Å². The molecule has 0 aliphatic carbocycles. The van der Waals surface area contributed by atoms with Gasteiger partial charge in [-0.25, -0.2) is 9.97 Å². The van der Waals surface area contributed by atoms with E-state index < -0.39 is 0 Å². The lowest BCUT2D eigenvalue weighted by Gasteiger charge is -2.16. The molecule has 21 heavy (non-hydrogen) atoms. The fourth-order valence-corrected chi connectivity index (χ4v) is 1.80. The monoisotopic (exact) mass is 286 g/mol. The second-order valence-electron chi connectivity index (χ2n) is 4.69. The Balaban J connectivity index is 1.97. The first-order valence-corrected chi connectivity index (χ1v) is 6.44. The number of carbonyl (C=O) groups excluding carboxylic acids is 1. The topological polar surface area (TPSA) is 96.2 Å². The van der Waals surface area contributed by atoms with Crippen LogP contribution in [0.5, 0.6) is 0 Å². The largest absolute Gasteiger partial charge is 0.393 e. The Hall–Kier alpha value is -2.83. The maximum absolute atomic E-state index is 11.8. The molecule has 0 aliphatic rings. The Morgan fingerprint density at radius 1 is 1.24 bits per heavy atom. The van der Waals surface area contributed by atoms with Crippen LogP contribution in [0, 0.1) is 0 Å². The normalized spacial score (nSPS) is 10.0. The minimum absolute atomic E-state index is 0.175. The molecule has 0 saturated heterocycles. The number of hydrogen-bond acceptors (Lipinski definition) is 6. The average molecular weight is 286 g/mol. The molecule has 7 heteroatoms. The van der Waals surface area contributed by atoms with Gasteiger partial charge < -0.3 is 10.6 Å². The third kappa shape index (κ3) is 3.82. The number of benzene rings is 1. The zero-order valence-electron chi connectivity index (χ0n) is 12.0. The third-order valence-corrected chi connectivity index (χ3v) is 2.81. The molecule has 1 heterocycles. The quantitative estimate of drug-likeness (QED) is 0.704. The molecule has 110 valence electrons. The van der Waals surface area contributed by atoms with Crippen LogP contribution in [0.4, 0.5) is 17.3 Å². The van der Waals surface area contributed by atoms with Gasteiger partial charge in [-0.05, 0) is 5.56 Å².